The van der Waals surface area contributed by atoms with Crippen molar-refractivity contribution in [2.24, 2.45) is 5.92 Å². The number of fused-ring (bicyclic) bond motifs is 5. The lowest BCUT2D eigenvalue weighted by molar-refractivity contribution is 0.721. The lowest BCUT2D eigenvalue weighted by Crippen LogP contribution is -2.33. The molecule has 8 rings (SSSR count). The summed E-state index contributed by atoms with van der Waals surface area (Å²) in [6, 6.07) is 22.3. The second kappa shape index (κ2) is 9.22. The van der Waals surface area contributed by atoms with Crippen LogP contribution in [0, 0.1) is 12.8 Å². The van der Waals surface area contributed by atoms with Gasteiger partial charge in [0.25, 0.3) is 0 Å². The molecule has 1 heterocycles. The molecule has 0 saturated heterocycles. The van der Waals surface area contributed by atoms with Crippen LogP contribution < -0.4 is 9.80 Å². The quantitative estimate of drug-likeness (QED) is 0.285. The fourth-order valence-corrected chi connectivity index (χ4v) is 7.89. The molecule has 3 unspecified atom stereocenters. The Morgan fingerprint density at radius 3 is 2.76 bits per heavy atom. The van der Waals surface area contributed by atoms with Gasteiger partial charge in [0.15, 0.2) is 0 Å². The molecule has 1 fully saturated rings. The van der Waals surface area contributed by atoms with Gasteiger partial charge in [-0.1, -0.05) is 109 Å². The Labute approximate surface area is 249 Å². The van der Waals surface area contributed by atoms with E-state index >= 15 is 0 Å². The van der Waals surface area contributed by atoms with Gasteiger partial charge in [-0.05, 0) is 71.9 Å². The monoisotopic (exact) mass is 544 g/mol. The lowest BCUT2D eigenvalue weighted by atomic mass is 9.90. The normalized spacial score (nSPS) is 27.7. The SMILES string of the molecule is C=CC12CC1(/C=C\CN(c1ccccc1)c1ccc3c4c1C=CC1C=C4C/C(=C\C=C/1)C=C3)N(C)c1ccc(C)cc12. The van der Waals surface area contributed by atoms with Gasteiger partial charge in [-0.25, -0.2) is 0 Å². The first-order valence-corrected chi connectivity index (χ1v) is 15.1. The van der Waals surface area contributed by atoms with Gasteiger partial charge in [0.05, 0.1) is 5.54 Å². The van der Waals surface area contributed by atoms with E-state index in [1.807, 2.05) is 0 Å². The first-order chi connectivity index (χ1) is 20.5. The van der Waals surface area contributed by atoms with Crippen molar-refractivity contribution in [1.82, 2.24) is 0 Å². The molecule has 2 nitrogen and oxygen atoms in total. The molecule has 0 radical (unpaired) electrons. The summed E-state index contributed by atoms with van der Waals surface area (Å²) in [4.78, 5) is 4.96. The maximum atomic E-state index is 4.32. The summed E-state index contributed by atoms with van der Waals surface area (Å²) in [5, 5.41) is 0. The fourth-order valence-electron chi connectivity index (χ4n) is 7.89. The molecule has 0 N–H and O–H groups in total. The topological polar surface area (TPSA) is 6.48 Å². The van der Waals surface area contributed by atoms with Crippen LogP contribution in [-0.4, -0.2) is 19.1 Å². The van der Waals surface area contributed by atoms with Crippen LogP contribution in [0.15, 0.2) is 127 Å². The highest BCUT2D eigenvalue weighted by Gasteiger charge is 2.72. The number of hydrogen-bond donors (Lipinski definition) is 0. The molecular formula is C40H36N2. The number of hydrogen-bond acceptors (Lipinski definition) is 2. The molecule has 4 aliphatic carbocycles. The predicted molar refractivity (Wildman–Crippen MR) is 179 cm³/mol. The summed E-state index contributed by atoms with van der Waals surface area (Å²) in [6.07, 6.45) is 27.6. The molecule has 0 amide bonds. The largest absolute Gasteiger partial charge is 0.364 e. The Kier molecular flexibility index (Phi) is 5.53. The molecule has 5 aliphatic rings. The van der Waals surface area contributed by atoms with E-state index in [1.165, 1.54) is 56.0 Å². The molecular weight excluding hydrogens is 508 g/mol. The van der Waals surface area contributed by atoms with E-state index in [2.05, 4.69) is 158 Å². The average molecular weight is 545 g/mol. The summed E-state index contributed by atoms with van der Waals surface area (Å²) in [7, 11) is 2.25. The molecule has 2 heteroatoms. The van der Waals surface area contributed by atoms with E-state index in [4.69, 9.17) is 0 Å². The number of anilines is 3. The van der Waals surface area contributed by atoms with E-state index in [9.17, 15) is 0 Å². The molecule has 3 aromatic rings. The van der Waals surface area contributed by atoms with E-state index < -0.39 is 0 Å². The van der Waals surface area contributed by atoms with Crippen LogP contribution in [0.2, 0.25) is 0 Å². The molecule has 0 spiro atoms. The standard InChI is InChI=1S/C40H36N2/c1-4-39-27-40(39,41(3)37-20-14-28(2)24-35(37)39)22-9-23-42(33-12-6-5-7-13-33)36-21-18-31-17-15-29-10-8-11-30-16-19-34(36)38(31)32(25-29)26-30/h4-22,24,26,30H,1,23,25,27H2,2-3H3/b11-8-,22-9-,29-10-. The minimum atomic E-state index is -0.0507. The van der Waals surface area contributed by atoms with Gasteiger partial charge in [-0.15, -0.1) is 6.58 Å². The molecule has 3 bridgehead atoms. The minimum Gasteiger partial charge on any atom is -0.364 e. The van der Waals surface area contributed by atoms with Crippen LogP contribution in [-0.2, 0) is 5.41 Å². The van der Waals surface area contributed by atoms with Crippen molar-refractivity contribution in [3.05, 3.63) is 155 Å². The first-order valence-electron chi connectivity index (χ1n) is 15.1. The average Bonchev–Trinajstić information content (AvgIpc) is 3.71. The summed E-state index contributed by atoms with van der Waals surface area (Å²) in [5.74, 6) is 0.304. The maximum absolute atomic E-state index is 4.32. The number of benzene rings is 3. The van der Waals surface area contributed by atoms with Crippen molar-refractivity contribution >= 4 is 34.8 Å². The van der Waals surface area contributed by atoms with Gasteiger partial charge in [0.2, 0.25) is 0 Å². The number of para-hydroxylation sites is 1. The number of rotatable bonds is 6. The zero-order chi connectivity index (χ0) is 28.5. The number of nitrogens with zero attached hydrogens (tertiary/aromatic N) is 2. The molecule has 42 heavy (non-hydrogen) atoms. The third-order valence-electron chi connectivity index (χ3n) is 10.1. The van der Waals surface area contributed by atoms with Crippen LogP contribution in [0.3, 0.4) is 0 Å². The summed E-state index contributed by atoms with van der Waals surface area (Å²) in [5.41, 5.74) is 13.2. The molecule has 206 valence electrons. The number of likely N-dealkylation sites (N-methyl/N-ethyl adjacent to an activating group) is 1. The van der Waals surface area contributed by atoms with Crippen LogP contribution in [0.4, 0.5) is 17.1 Å². The van der Waals surface area contributed by atoms with Gasteiger partial charge >= 0.3 is 0 Å². The predicted octanol–water partition coefficient (Wildman–Crippen LogP) is 9.35. The van der Waals surface area contributed by atoms with Gasteiger partial charge in [-0.3, -0.25) is 0 Å². The molecule has 1 aliphatic heterocycles. The zero-order valence-corrected chi connectivity index (χ0v) is 24.4. The summed E-state index contributed by atoms with van der Waals surface area (Å²) in [6.45, 7) is 7.29. The van der Waals surface area contributed by atoms with E-state index in [0.29, 0.717) is 5.92 Å². The second-order valence-corrected chi connectivity index (χ2v) is 12.4. The Morgan fingerprint density at radius 2 is 1.90 bits per heavy atom. The fraction of sp³-hybridized carbons (Fsp3) is 0.200. The van der Waals surface area contributed by atoms with E-state index in [-0.39, 0.29) is 11.0 Å². The van der Waals surface area contributed by atoms with Crippen molar-refractivity contribution in [2.45, 2.75) is 30.7 Å². The maximum Gasteiger partial charge on any atom is 0.0727 e. The van der Waals surface area contributed by atoms with Crippen molar-refractivity contribution in [1.29, 1.82) is 0 Å². The third kappa shape index (κ3) is 3.57. The highest BCUT2D eigenvalue weighted by molar-refractivity contribution is 5.92. The second-order valence-electron chi connectivity index (χ2n) is 12.4. The van der Waals surface area contributed by atoms with E-state index in [1.54, 1.807) is 0 Å². The number of allylic oxidation sites excluding steroid dienone is 8. The zero-order valence-electron chi connectivity index (χ0n) is 24.4. The number of aryl methyl sites for hydroxylation is 1. The van der Waals surface area contributed by atoms with Crippen LogP contribution in [0.1, 0.15) is 40.7 Å². The highest BCUT2D eigenvalue weighted by atomic mass is 15.3. The first kappa shape index (κ1) is 25.2. The van der Waals surface area contributed by atoms with Crippen molar-refractivity contribution in [2.75, 3.05) is 23.4 Å². The lowest BCUT2D eigenvalue weighted by Gasteiger charge is -2.29. The van der Waals surface area contributed by atoms with Gasteiger partial charge in [-0.2, -0.15) is 0 Å². The highest BCUT2D eigenvalue weighted by Crippen LogP contribution is 2.69. The Morgan fingerprint density at radius 1 is 1.02 bits per heavy atom. The minimum absolute atomic E-state index is 0.0139. The summed E-state index contributed by atoms with van der Waals surface area (Å²) >= 11 is 0. The Hall–Kier alpha value is -4.56. The van der Waals surface area contributed by atoms with Gasteiger partial charge < -0.3 is 9.80 Å². The summed E-state index contributed by atoms with van der Waals surface area (Å²) < 4.78 is 0. The molecule has 3 atom stereocenters. The third-order valence-corrected chi connectivity index (χ3v) is 10.1. The smallest absolute Gasteiger partial charge is 0.0727 e. The molecule has 3 aromatic carbocycles. The van der Waals surface area contributed by atoms with Gasteiger partial charge in [0.1, 0.15) is 0 Å². The van der Waals surface area contributed by atoms with Crippen LogP contribution in [0.25, 0.3) is 17.7 Å². The van der Waals surface area contributed by atoms with Crippen molar-refractivity contribution in [3.8, 4) is 0 Å². The van der Waals surface area contributed by atoms with Crippen molar-refractivity contribution in [3.63, 3.8) is 0 Å². The molecule has 1 saturated carbocycles. The van der Waals surface area contributed by atoms with Crippen molar-refractivity contribution < 1.29 is 0 Å². The van der Waals surface area contributed by atoms with Crippen LogP contribution >= 0.6 is 0 Å². The Balaban J connectivity index is 1.21. The van der Waals surface area contributed by atoms with E-state index in [0.717, 1.165) is 19.4 Å². The van der Waals surface area contributed by atoms with Crippen LogP contribution in [0.5, 0.6) is 0 Å². The molecule has 0 aromatic heterocycles. The van der Waals surface area contributed by atoms with Gasteiger partial charge in [0, 0.05) is 47.6 Å². The Bertz CT molecular complexity index is 1810.